The highest BCUT2D eigenvalue weighted by Gasteiger charge is 2.34. The van der Waals surface area contributed by atoms with Crippen molar-refractivity contribution in [3.05, 3.63) is 83.3 Å². The molecule has 1 aliphatic rings. The van der Waals surface area contributed by atoms with E-state index in [1.54, 1.807) is 18.2 Å². The summed E-state index contributed by atoms with van der Waals surface area (Å²) in [4.78, 5) is 32.8. The summed E-state index contributed by atoms with van der Waals surface area (Å²) in [6, 6.07) is 10.9. The van der Waals surface area contributed by atoms with E-state index in [2.05, 4.69) is 15.3 Å². The molecule has 1 aliphatic heterocycles. The van der Waals surface area contributed by atoms with Gasteiger partial charge in [-0.2, -0.15) is 13.2 Å². The number of fused-ring (bicyclic) bond motifs is 1. The number of pyridine rings is 2. The number of aromatic nitrogens is 2. The van der Waals surface area contributed by atoms with Crippen LogP contribution < -0.4 is 5.32 Å². The minimum Gasteiger partial charge on any atom is -0.452 e. The zero-order valence-electron chi connectivity index (χ0n) is 15.3. The molecule has 6 nitrogen and oxygen atoms in total. The molecular weight excluding hydrogens is 399 g/mol. The Morgan fingerprint density at radius 3 is 2.63 bits per heavy atom. The van der Waals surface area contributed by atoms with Crippen LogP contribution in [-0.4, -0.2) is 21.7 Å². The number of nitrogens with one attached hydrogen (secondary N) is 1. The Kier molecular flexibility index (Phi) is 4.94. The summed E-state index contributed by atoms with van der Waals surface area (Å²) in [5, 5.41) is 2.77. The Morgan fingerprint density at radius 1 is 1.07 bits per heavy atom. The van der Waals surface area contributed by atoms with Crippen LogP contribution in [0.3, 0.4) is 0 Å². The average Bonchev–Trinajstić information content (AvgIpc) is 3.04. The molecule has 152 valence electrons. The summed E-state index contributed by atoms with van der Waals surface area (Å²) >= 11 is 0. The number of benzene rings is 1. The number of ketones is 1. The third kappa shape index (κ3) is 3.86. The summed E-state index contributed by atoms with van der Waals surface area (Å²) in [5.74, 6) is -0.874. The molecule has 0 aliphatic carbocycles. The highest BCUT2D eigenvalue weighted by molar-refractivity contribution is 6.02. The number of ether oxygens (including phenoxy) is 1. The number of Topliss-reactive ketones (excluding diaryl/α,β-unsaturated/α-hetero) is 1. The van der Waals surface area contributed by atoms with E-state index < -0.39 is 23.8 Å². The number of nitrogens with zero attached hydrogens (tertiary/aromatic N) is 2. The Balaban J connectivity index is 1.57. The van der Waals surface area contributed by atoms with Crippen molar-refractivity contribution in [2.75, 3.05) is 5.32 Å². The average molecular weight is 413 g/mol. The molecule has 1 unspecified atom stereocenters. The van der Waals surface area contributed by atoms with Gasteiger partial charge in [0.15, 0.2) is 11.5 Å². The van der Waals surface area contributed by atoms with Gasteiger partial charge in [-0.05, 0) is 36.4 Å². The Bertz CT molecular complexity index is 1130. The fourth-order valence-electron chi connectivity index (χ4n) is 3.17. The van der Waals surface area contributed by atoms with Crippen molar-refractivity contribution in [1.82, 2.24) is 9.97 Å². The quantitative estimate of drug-likeness (QED) is 0.481. The van der Waals surface area contributed by atoms with Crippen LogP contribution in [0.1, 0.15) is 44.5 Å². The molecule has 0 radical (unpaired) electrons. The lowest BCUT2D eigenvalue weighted by Gasteiger charge is -2.14. The lowest BCUT2D eigenvalue weighted by atomic mass is 10.0. The van der Waals surface area contributed by atoms with Crippen molar-refractivity contribution in [3.8, 4) is 0 Å². The topological polar surface area (TPSA) is 81.2 Å². The van der Waals surface area contributed by atoms with Crippen LogP contribution in [0.2, 0.25) is 0 Å². The third-order valence-electron chi connectivity index (χ3n) is 4.56. The second-order valence-electron chi connectivity index (χ2n) is 6.57. The lowest BCUT2D eigenvalue weighted by molar-refractivity contribution is -0.137. The van der Waals surface area contributed by atoms with Gasteiger partial charge in [0.2, 0.25) is 0 Å². The monoisotopic (exact) mass is 413 g/mol. The fraction of sp³-hybridized carbons (Fsp3) is 0.143. The zero-order valence-corrected chi connectivity index (χ0v) is 15.3. The molecular formula is C21H14F3N3O3. The molecule has 0 saturated heterocycles. The second kappa shape index (κ2) is 7.58. The third-order valence-corrected chi connectivity index (χ3v) is 4.56. The predicted molar refractivity (Wildman–Crippen MR) is 100 cm³/mol. The highest BCUT2D eigenvalue weighted by atomic mass is 19.4. The first kappa shape index (κ1) is 19.6. The van der Waals surface area contributed by atoms with Gasteiger partial charge >= 0.3 is 12.1 Å². The van der Waals surface area contributed by atoms with Crippen LogP contribution in [-0.2, 0) is 10.9 Å². The number of cyclic esters (lactones) is 1. The van der Waals surface area contributed by atoms with Crippen molar-refractivity contribution in [2.24, 2.45) is 0 Å². The normalized spacial score (nSPS) is 15.4. The van der Waals surface area contributed by atoms with Crippen molar-refractivity contribution in [1.29, 1.82) is 0 Å². The van der Waals surface area contributed by atoms with Gasteiger partial charge in [-0.15, -0.1) is 0 Å². The van der Waals surface area contributed by atoms with E-state index in [1.807, 2.05) is 0 Å². The maximum Gasteiger partial charge on any atom is 0.416 e. The standard InChI is InChI=1S/C21H14F3N3O3/c22-21(23,24)12-4-1-5-13(10-12)27-19-14(6-2-9-26-19)16(28)11-17-15-7-3-8-25-18(15)20(29)30-17/h1-10,17H,11H2,(H,26,27). The number of halogens is 3. The molecule has 3 aromatic rings. The van der Waals surface area contributed by atoms with E-state index in [9.17, 15) is 22.8 Å². The number of hydrogen-bond acceptors (Lipinski definition) is 6. The first-order valence-corrected chi connectivity index (χ1v) is 8.91. The maximum absolute atomic E-state index is 13.0. The number of esters is 1. The van der Waals surface area contributed by atoms with Gasteiger partial charge in [-0.25, -0.2) is 14.8 Å². The van der Waals surface area contributed by atoms with Crippen molar-refractivity contribution < 1.29 is 27.5 Å². The number of anilines is 2. The van der Waals surface area contributed by atoms with Crippen molar-refractivity contribution in [3.63, 3.8) is 0 Å². The molecule has 1 atom stereocenters. The summed E-state index contributed by atoms with van der Waals surface area (Å²) in [6.45, 7) is 0. The van der Waals surface area contributed by atoms with Crippen LogP contribution in [0.4, 0.5) is 24.7 Å². The molecule has 4 rings (SSSR count). The second-order valence-corrected chi connectivity index (χ2v) is 6.57. The Hall–Kier alpha value is -3.75. The predicted octanol–water partition coefficient (Wildman–Crippen LogP) is 4.72. The van der Waals surface area contributed by atoms with Crippen LogP contribution >= 0.6 is 0 Å². The molecule has 30 heavy (non-hydrogen) atoms. The van der Waals surface area contributed by atoms with Crippen LogP contribution in [0, 0.1) is 0 Å². The van der Waals surface area contributed by atoms with E-state index in [0.29, 0.717) is 5.56 Å². The van der Waals surface area contributed by atoms with Gasteiger partial charge in [0, 0.05) is 23.6 Å². The van der Waals surface area contributed by atoms with Crippen molar-refractivity contribution >= 4 is 23.3 Å². The number of carbonyl (C=O) groups excluding carboxylic acids is 2. The largest absolute Gasteiger partial charge is 0.452 e. The maximum atomic E-state index is 13.0. The van der Waals surface area contributed by atoms with Gasteiger partial charge in [0.25, 0.3) is 0 Å². The molecule has 0 amide bonds. The number of rotatable bonds is 5. The van der Waals surface area contributed by atoms with E-state index >= 15 is 0 Å². The SMILES string of the molecule is O=C(CC1OC(=O)c2ncccc21)c1cccnc1Nc1cccc(C(F)(F)F)c1. The minimum absolute atomic E-state index is 0.109. The van der Waals surface area contributed by atoms with Crippen LogP contribution in [0.15, 0.2) is 60.9 Å². The van der Waals surface area contributed by atoms with E-state index in [0.717, 1.165) is 12.1 Å². The smallest absolute Gasteiger partial charge is 0.416 e. The molecule has 0 spiro atoms. The summed E-state index contributed by atoms with van der Waals surface area (Å²) in [7, 11) is 0. The highest BCUT2D eigenvalue weighted by Crippen LogP contribution is 2.34. The first-order valence-electron chi connectivity index (χ1n) is 8.91. The number of carbonyl (C=O) groups is 2. The zero-order chi connectivity index (χ0) is 21.3. The van der Waals surface area contributed by atoms with Gasteiger partial charge in [-0.3, -0.25) is 4.79 Å². The Morgan fingerprint density at radius 2 is 1.83 bits per heavy atom. The molecule has 0 saturated carbocycles. The molecule has 0 bridgehead atoms. The number of hydrogen-bond donors (Lipinski definition) is 1. The van der Waals surface area contributed by atoms with Crippen LogP contribution in [0.25, 0.3) is 0 Å². The van der Waals surface area contributed by atoms with Gasteiger partial charge in [0.1, 0.15) is 11.9 Å². The van der Waals surface area contributed by atoms with Crippen molar-refractivity contribution in [2.45, 2.75) is 18.7 Å². The van der Waals surface area contributed by atoms with Crippen LogP contribution in [0.5, 0.6) is 0 Å². The molecule has 2 aromatic heterocycles. The van der Waals surface area contributed by atoms with Gasteiger partial charge in [-0.1, -0.05) is 12.1 Å². The molecule has 3 heterocycles. The first-order chi connectivity index (χ1) is 14.3. The minimum atomic E-state index is -4.49. The van der Waals surface area contributed by atoms with E-state index in [-0.39, 0.29) is 35.0 Å². The molecule has 1 N–H and O–H groups in total. The van der Waals surface area contributed by atoms with E-state index in [4.69, 9.17) is 4.74 Å². The fourth-order valence-corrected chi connectivity index (χ4v) is 3.17. The molecule has 0 fully saturated rings. The van der Waals surface area contributed by atoms with Gasteiger partial charge < -0.3 is 10.1 Å². The Labute approximate surface area is 168 Å². The molecule has 9 heteroatoms. The summed E-state index contributed by atoms with van der Waals surface area (Å²) < 4.78 is 44.1. The summed E-state index contributed by atoms with van der Waals surface area (Å²) in [6.07, 6.45) is -2.54. The lowest BCUT2D eigenvalue weighted by Crippen LogP contribution is -2.11. The summed E-state index contributed by atoms with van der Waals surface area (Å²) in [5.41, 5.74) is 0.178. The van der Waals surface area contributed by atoms with Gasteiger partial charge in [0.05, 0.1) is 17.5 Å². The van der Waals surface area contributed by atoms with E-state index in [1.165, 1.54) is 30.6 Å². The molecule has 1 aromatic carbocycles. The number of alkyl halides is 3.